The number of nitrogens with one attached hydrogen (secondary N) is 1. The molecule has 12 nitrogen and oxygen atoms in total. The summed E-state index contributed by atoms with van der Waals surface area (Å²) in [4.78, 5) is 56.5. The summed E-state index contributed by atoms with van der Waals surface area (Å²) in [5.74, 6) is -1.44. The minimum atomic E-state index is -1.80. The number of rotatable bonds is 8. The number of anilines is 1. The standard InChI is InChI=1S/C38H56ClN3O9S/c1-22-12-11-13-30(49-9)38(48)20-29(50-36(47)40-38)23(2)24(3)37(5,6)31(51-35(46)25(4)41(7)32(44)14-15-52-10)19-33(45)42(8)28-18-26(16-22)17-27(21-43)34(28)39/h11-13,17-18,23-25,29-31,43,48H,14-16,19-21H2,1-10H3,(H,40,47)/b13-11+,22-12+/t23-,24?,25?,29?,30+,31-,38-/m0/s1. The van der Waals surface area contributed by atoms with E-state index < -0.39 is 59.4 Å². The maximum Gasteiger partial charge on any atom is 0.409 e. The monoisotopic (exact) mass is 765 g/mol. The van der Waals surface area contributed by atoms with Crippen molar-refractivity contribution in [2.45, 2.75) is 104 Å². The molecule has 2 heterocycles. The lowest BCUT2D eigenvalue weighted by atomic mass is 9.66. The topological polar surface area (TPSA) is 155 Å². The van der Waals surface area contributed by atoms with E-state index >= 15 is 0 Å². The van der Waals surface area contributed by atoms with Gasteiger partial charge in [-0.05, 0) is 55.6 Å². The van der Waals surface area contributed by atoms with E-state index in [4.69, 9.17) is 25.8 Å². The number of esters is 1. The highest BCUT2D eigenvalue weighted by molar-refractivity contribution is 7.98. The van der Waals surface area contributed by atoms with E-state index in [0.717, 1.165) is 11.1 Å². The summed E-state index contributed by atoms with van der Waals surface area (Å²) in [5.41, 5.74) is -0.185. The number of hydrogen-bond acceptors (Lipinski definition) is 10. The first-order valence-electron chi connectivity index (χ1n) is 17.5. The molecule has 0 spiro atoms. The van der Waals surface area contributed by atoms with Gasteiger partial charge in [-0.2, -0.15) is 11.8 Å². The molecular weight excluding hydrogens is 710 g/mol. The Labute approximate surface area is 317 Å². The predicted molar refractivity (Wildman–Crippen MR) is 203 cm³/mol. The number of aliphatic hydroxyl groups is 2. The number of amides is 3. The molecule has 0 aliphatic carbocycles. The lowest BCUT2D eigenvalue weighted by Gasteiger charge is -2.47. The molecule has 290 valence electrons. The predicted octanol–water partition coefficient (Wildman–Crippen LogP) is 5.26. The van der Waals surface area contributed by atoms with Crippen LogP contribution < -0.4 is 10.2 Å². The number of hydrogen-bond donors (Lipinski definition) is 3. The number of allylic oxidation sites excluding steroid dienone is 3. The number of methoxy groups -OCH3 is 1. The first-order chi connectivity index (χ1) is 24.3. The summed E-state index contributed by atoms with van der Waals surface area (Å²) >= 11 is 8.28. The molecule has 1 saturated heterocycles. The zero-order valence-electron chi connectivity index (χ0n) is 32.0. The Kier molecular flexibility index (Phi) is 15.2. The Bertz CT molecular complexity index is 1530. The van der Waals surface area contributed by atoms with Crippen LogP contribution in [0.2, 0.25) is 5.02 Å². The zero-order valence-corrected chi connectivity index (χ0v) is 33.6. The third-order valence-electron chi connectivity index (χ3n) is 10.9. The normalized spacial score (nSPS) is 29.2. The number of thioether (sulfide) groups is 1. The van der Waals surface area contributed by atoms with Crippen LogP contribution in [0.25, 0.3) is 0 Å². The lowest BCUT2D eigenvalue weighted by Crippen LogP contribution is -2.63. The minimum Gasteiger partial charge on any atom is -0.460 e. The van der Waals surface area contributed by atoms with Gasteiger partial charge >= 0.3 is 12.1 Å². The Morgan fingerprint density at radius 3 is 2.54 bits per heavy atom. The fourth-order valence-corrected chi connectivity index (χ4v) is 7.38. The smallest absolute Gasteiger partial charge is 0.409 e. The number of alkyl carbamates (subject to hydrolysis) is 1. The maximum atomic E-state index is 14.2. The molecule has 3 amide bonds. The number of nitrogens with zero attached hydrogens (tertiary/aromatic N) is 2. The highest BCUT2D eigenvalue weighted by Gasteiger charge is 2.50. The van der Waals surface area contributed by atoms with E-state index in [-0.39, 0.29) is 42.7 Å². The van der Waals surface area contributed by atoms with Crippen LogP contribution in [0, 0.1) is 17.3 Å². The molecule has 1 aromatic carbocycles. The summed E-state index contributed by atoms with van der Waals surface area (Å²) in [5, 5.41) is 24.7. The Hall–Kier alpha value is -3.10. The van der Waals surface area contributed by atoms with Gasteiger partial charge in [0.2, 0.25) is 11.8 Å². The maximum absolute atomic E-state index is 14.2. The second kappa shape index (κ2) is 18.3. The van der Waals surface area contributed by atoms with Gasteiger partial charge in [-0.25, -0.2) is 9.59 Å². The second-order valence-corrected chi connectivity index (χ2v) is 16.0. The summed E-state index contributed by atoms with van der Waals surface area (Å²) in [7, 11) is 4.58. The Morgan fingerprint density at radius 2 is 1.92 bits per heavy atom. The molecule has 3 unspecified atom stereocenters. The number of benzene rings is 1. The number of ether oxygens (including phenoxy) is 3. The van der Waals surface area contributed by atoms with E-state index in [1.807, 2.05) is 47.0 Å². The molecular formula is C38H56ClN3O9S. The molecule has 0 aromatic heterocycles. The number of halogens is 1. The zero-order chi connectivity index (χ0) is 39.1. The highest BCUT2D eigenvalue weighted by Crippen LogP contribution is 2.43. The molecule has 7 atom stereocenters. The Morgan fingerprint density at radius 1 is 1.25 bits per heavy atom. The number of aliphatic hydroxyl groups excluding tert-OH is 1. The van der Waals surface area contributed by atoms with Crippen LogP contribution in [-0.4, -0.2) is 102 Å². The average molecular weight is 766 g/mol. The van der Waals surface area contributed by atoms with Crippen molar-refractivity contribution >= 4 is 52.9 Å². The fraction of sp³-hybridized carbons (Fsp3) is 0.632. The van der Waals surface area contributed by atoms with Crippen LogP contribution >= 0.6 is 23.4 Å². The molecule has 2 aliphatic heterocycles. The van der Waals surface area contributed by atoms with Gasteiger partial charge in [-0.3, -0.25) is 14.9 Å². The third kappa shape index (κ3) is 10.1. The van der Waals surface area contributed by atoms with E-state index in [1.54, 1.807) is 45.3 Å². The minimum absolute atomic E-state index is 0.00769. The van der Waals surface area contributed by atoms with Gasteiger partial charge in [-0.15, -0.1) is 0 Å². The van der Waals surface area contributed by atoms with Crippen LogP contribution in [0.3, 0.4) is 0 Å². The third-order valence-corrected chi connectivity index (χ3v) is 11.9. The van der Waals surface area contributed by atoms with Gasteiger partial charge in [0.05, 0.1) is 23.7 Å². The molecule has 52 heavy (non-hydrogen) atoms. The molecule has 3 rings (SSSR count). The van der Waals surface area contributed by atoms with Crippen LogP contribution in [0.1, 0.15) is 71.9 Å². The van der Waals surface area contributed by atoms with Crippen molar-refractivity contribution in [1.82, 2.24) is 10.2 Å². The summed E-state index contributed by atoms with van der Waals surface area (Å²) in [6, 6.07) is 2.64. The van der Waals surface area contributed by atoms with Crippen LogP contribution in [-0.2, 0) is 41.6 Å². The van der Waals surface area contributed by atoms with Crippen molar-refractivity contribution in [2.75, 3.05) is 38.1 Å². The van der Waals surface area contributed by atoms with Crippen LogP contribution in [0.4, 0.5) is 10.5 Å². The van der Waals surface area contributed by atoms with Crippen molar-refractivity contribution in [3.63, 3.8) is 0 Å². The van der Waals surface area contributed by atoms with E-state index in [9.17, 15) is 29.4 Å². The first-order valence-corrected chi connectivity index (χ1v) is 19.3. The van der Waals surface area contributed by atoms with E-state index in [2.05, 4.69) is 5.32 Å². The Balaban J connectivity index is 2.16. The van der Waals surface area contributed by atoms with Crippen LogP contribution in [0.5, 0.6) is 0 Å². The number of carbonyl (C=O) groups is 4. The van der Waals surface area contributed by atoms with Gasteiger partial charge in [0, 0.05) is 45.2 Å². The van der Waals surface area contributed by atoms with Gasteiger partial charge in [0.15, 0.2) is 5.72 Å². The molecule has 4 bridgehead atoms. The number of fused-ring (bicyclic) bond motifs is 4. The summed E-state index contributed by atoms with van der Waals surface area (Å²) in [6.45, 7) is 10.7. The van der Waals surface area contributed by atoms with E-state index in [1.165, 1.54) is 28.7 Å². The quantitative estimate of drug-likeness (QED) is 0.299. The molecule has 14 heteroatoms. The van der Waals surface area contributed by atoms with Gasteiger partial charge in [0.25, 0.3) is 0 Å². The number of carbonyl (C=O) groups excluding carboxylic acids is 4. The largest absolute Gasteiger partial charge is 0.460 e. The van der Waals surface area contributed by atoms with Gasteiger partial charge in [-0.1, -0.05) is 69.2 Å². The SMILES string of the molecule is CO[C@@H]1/C=C/C=C(\C)Cc2cc(CO)c(Cl)c(c2)N(C)C(=O)C[C@H](OC(=O)C(C)N(C)C(=O)CCSC)C(C)(C)C(C)[C@H](C)C2C[C@@]1(O)NC(=O)O2. The lowest BCUT2D eigenvalue weighted by molar-refractivity contribution is -0.170. The van der Waals surface area contributed by atoms with Gasteiger partial charge < -0.3 is 34.2 Å². The van der Waals surface area contributed by atoms with E-state index in [0.29, 0.717) is 23.4 Å². The molecule has 1 fully saturated rings. The summed E-state index contributed by atoms with van der Waals surface area (Å²) in [6.07, 6.45) is 4.09. The number of likely N-dealkylation sites (N-methyl/N-ethyl adjacent to an activating group) is 1. The van der Waals surface area contributed by atoms with Crippen molar-refractivity contribution in [2.24, 2.45) is 17.3 Å². The van der Waals surface area contributed by atoms with Crippen molar-refractivity contribution in [3.8, 4) is 0 Å². The molecule has 0 radical (unpaired) electrons. The molecule has 2 aliphatic rings. The average Bonchev–Trinajstić information content (AvgIpc) is 3.09. The fourth-order valence-electron chi connectivity index (χ4n) is 6.71. The second-order valence-electron chi connectivity index (χ2n) is 14.6. The molecule has 1 aromatic rings. The molecule has 0 saturated carbocycles. The highest BCUT2D eigenvalue weighted by atomic mass is 35.5. The van der Waals surface area contributed by atoms with Crippen LogP contribution in [0.15, 0.2) is 35.9 Å². The van der Waals surface area contributed by atoms with Crippen molar-refractivity contribution < 1.29 is 43.6 Å². The molecule has 3 N–H and O–H groups in total. The van der Waals surface area contributed by atoms with Crippen molar-refractivity contribution in [3.05, 3.63) is 52.1 Å². The summed E-state index contributed by atoms with van der Waals surface area (Å²) < 4.78 is 17.6. The van der Waals surface area contributed by atoms with Crippen molar-refractivity contribution in [1.29, 1.82) is 0 Å². The van der Waals surface area contributed by atoms with Gasteiger partial charge in [0.1, 0.15) is 24.4 Å². The first kappa shape index (κ1) is 43.3.